The molecule has 4 saturated carbocycles. The zero-order valence-electron chi connectivity index (χ0n) is 16.5. The topological polar surface area (TPSA) is 46.5 Å². The van der Waals surface area contributed by atoms with Crippen LogP contribution < -0.4 is 0 Å². The average molecular weight is 349 g/mol. The maximum Gasteiger partial charge on any atom is 0.139 e. The molecule has 0 aliphatic heterocycles. The molecule has 4 fully saturated rings. The van der Waals surface area contributed by atoms with Crippen LogP contribution in [0.4, 0.5) is 0 Å². The van der Waals surface area contributed by atoms with Crippen LogP contribution >= 0.6 is 0 Å². The van der Waals surface area contributed by atoms with Crippen LogP contribution in [0.25, 0.3) is 0 Å². The third-order valence-electron chi connectivity index (χ3n) is 8.82. The second-order valence-electron chi connectivity index (χ2n) is 10.3. The molecule has 0 bridgehead atoms. The Morgan fingerprint density at radius 3 is 2.60 bits per heavy atom. The van der Waals surface area contributed by atoms with E-state index in [0.29, 0.717) is 29.5 Å². The van der Waals surface area contributed by atoms with E-state index in [0.717, 1.165) is 32.1 Å². The number of hydrogen-bond donors (Lipinski definition) is 1. The monoisotopic (exact) mass is 348 g/mol. The van der Waals surface area contributed by atoms with E-state index < -0.39 is 0 Å². The van der Waals surface area contributed by atoms with Gasteiger partial charge < -0.3 is 9.84 Å². The molecule has 0 saturated heterocycles. The number of ether oxygens (including phenoxy) is 1. The van der Waals surface area contributed by atoms with Crippen LogP contribution in [0.1, 0.15) is 79.1 Å². The van der Waals surface area contributed by atoms with Crippen molar-refractivity contribution in [3.05, 3.63) is 0 Å². The number of Topliss-reactive ketones (excluding diaryl/α,β-unsaturated/α-hetero) is 1. The fourth-order valence-electron chi connectivity index (χ4n) is 7.51. The van der Waals surface area contributed by atoms with Crippen molar-refractivity contribution in [1.82, 2.24) is 0 Å². The number of aliphatic hydroxyl groups is 1. The highest BCUT2D eigenvalue weighted by atomic mass is 16.5. The molecule has 0 radical (unpaired) electrons. The molecule has 1 N–H and O–H groups in total. The molecule has 0 aromatic carbocycles. The molecule has 0 heterocycles. The molecule has 25 heavy (non-hydrogen) atoms. The molecule has 4 aliphatic rings. The summed E-state index contributed by atoms with van der Waals surface area (Å²) in [7, 11) is 0. The van der Waals surface area contributed by atoms with Crippen LogP contribution in [0.15, 0.2) is 0 Å². The van der Waals surface area contributed by atoms with E-state index in [9.17, 15) is 9.90 Å². The standard InChI is InChI=1S/C22H36O3/c1-13(2)25-19-12-22(4)14(11-18(19)23)5-6-15-16-7-8-20(24)21(16,3)10-9-17(15)22/h13-19,23H,5-12H2,1-4H3/t14-,15-,16-,17-,18-,19-,21-,22-/m0/s1. The first-order valence-electron chi connectivity index (χ1n) is 10.6. The summed E-state index contributed by atoms with van der Waals surface area (Å²) < 4.78 is 6.12. The zero-order chi connectivity index (χ0) is 18.0. The first kappa shape index (κ1) is 18.0. The van der Waals surface area contributed by atoms with Crippen molar-refractivity contribution in [3.8, 4) is 0 Å². The van der Waals surface area contributed by atoms with E-state index in [-0.39, 0.29) is 29.1 Å². The molecule has 0 amide bonds. The number of aliphatic hydroxyl groups excluding tert-OH is 1. The van der Waals surface area contributed by atoms with Crippen molar-refractivity contribution in [2.45, 2.75) is 97.4 Å². The molecule has 142 valence electrons. The lowest BCUT2D eigenvalue weighted by molar-refractivity contribution is -0.179. The predicted octanol–water partition coefficient (Wildman–Crippen LogP) is 4.36. The third kappa shape index (κ3) is 2.64. The van der Waals surface area contributed by atoms with Gasteiger partial charge in [0, 0.05) is 11.8 Å². The quantitative estimate of drug-likeness (QED) is 0.806. The summed E-state index contributed by atoms with van der Waals surface area (Å²) in [5.41, 5.74) is 0.237. The normalized spacial score (nSPS) is 52.6. The van der Waals surface area contributed by atoms with Gasteiger partial charge in [-0.15, -0.1) is 0 Å². The molecule has 0 unspecified atom stereocenters. The molecule has 3 heteroatoms. The first-order chi connectivity index (χ1) is 11.8. The maximum atomic E-state index is 12.5. The second-order valence-corrected chi connectivity index (χ2v) is 10.3. The van der Waals surface area contributed by atoms with Crippen molar-refractivity contribution in [2.24, 2.45) is 34.5 Å². The molecule has 8 atom stereocenters. The van der Waals surface area contributed by atoms with E-state index in [2.05, 4.69) is 27.7 Å². The predicted molar refractivity (Wildman–Crippen MR) is 98.1 cm³/mol. The Morgan fingerprint density at radius 1 is 1.12 bits per heavy atom. The Balaban J connectivity index is 1.60. The minimum atomic E-state index is -0.307. The Kier molecular flexibility index (Phi) is 4.35. The Labute approximate surface area is 152 Å². The highest BCUT2D eigenvalue weighted by Gasteiger charge is 2.61. The smallest absolute Gasteiger partial charge is 0.139 e. The summed E-state index contributed by atoms with van der Waals surface area (Å²) in [6.07, 6.45) is 8.43. The summed E-state index contributed by atoms with van der Waals surface area (Å²) in [4.78, 5) is 12.5. The van der Waals surface area contributed by atoms with Crippen LogP contribution in [0.2, 0.25) is 0 Å². The minimum Gasteiger partial charge on any atom is -0.390 e. The van der Waals surface area contributed by atoms with Crippen molar-refractivity contribution in [1.29, 1.82) is 0 Å². The molecule has 3 nitrogen and oxygen atoms in total. The van der Waals surface area contributed by atoms with Gasteiger partial charge in [0.15, 0.2) is 0 Å². The lowest BCUT2D eigenvalue weighted by Crippen LogP contribution is -2.57. The fraction of sp³-hybridized carbons (Fsp3) is 0.955. The van der Waals surface area contributed by atoms with Crippen LogP contribution in [0, 0.1) is 34.5 Å². The first-order valence-corrected chi connectivity index (χ1v) is 10.6. The summed E-state index contributed by atoms with van der Waals surface area (Å²) >= 11 is 0. The third-order valence-corrected chi connectivity index (χ3v) is 8.82. The Morgan fingerprint density at radius 2 is 1.88 bits per heavy atom. The largest absolute Gasteiger partial charge is 0.390 e. The number of ketones is 1. The van der Waals surface area contributed by atoms with E-state index in [1.54, 1.807) is 0 Å². The summed E-state index contributed by atoms with van der Waals surface area (Å²) in [5.74, 6) is 3.18. The maximum absolute atomic E-state index is 12.5. The van der Waals surface area contributed by atoms with Crippen LogP contribution in [-0.2, 0) is 9.53 Å². The van der Waals surface area contributed by atoms with E-state index in [4.69, 9.17) is 4.74 Å². The molecular weight excluding hydrogens is 312 g/mol. The Hall–Kier alpha value is -0.410. The van der Waals surface area contributed by atoms with Crippen LogP contribution in [0.5, 0.6) is 0 Å². The number of carbonyl (C=O) groups is 1. The second kappa shape index (κ2) is 6.05. The van der Waals surface area contributed by atoms with Crippen molar-refractivity contribution in [3.63, 3.8) is 0 Å². The zero-order valence-corrected chi connectivity index (χ0v) is 16.5. The molecule has 0 aromatic heterocycles. The van der Waals surface area contributed by atoms with E-state index >= 15 is 0 Å². The van der Waals surface area contributed by atoms with Gasteiger partial charge in [0.2, 0.25) is 0 Å². The van der Waals surface area contributed by atoms with Crippen LogP contribution in [-0.4, -0.2) is 29.2 Å². The molecular formula is C22H36O3. The molecule has 4 rings (SSSR count). The fourth-order valence-corrected chi connectivity index (χ4v) is 7.51. The van der Waals surface area contributed by atoms with Gasteiger partial charge in [-0.2, -0.15) is 0 Å². The summed E-state index contributed by atoms with van der Waals surface area (Å²) in [6.45, 7) is 8.88. The van der Waals surface area contributed by atoms with Crippen molar-refractivity contribution >= 4 is 5.78 Å². The van der Waals surface area contributed by atoms with Gasteiger partial charge in [-0.25, -0.2) is 0 Å². The Bertz CT molecular complexity index is 543. The van der Waals surface area contributed by atoms with Gasteiger partial charge in [-0.05, 0) is 87.9 Å². The van der Waals surface area contributed by atoms with Crippen LogP contribution in [0.3, 0.4) is 0 Å². The number of rotatable bonds is 2. The van der Waals surface area contributed by atoms with Gasteiger partial charge >= 0.3 is 0 Å². The van der Waals surface area contributed by atoms with Gasteiger partial charge in [-0.1, -0.05) is 13.8 Å². The molecule has 4 aliphatic carbocycles. The SMILES string of the molecule is CC(C)O[C@H]1C[C@@]2(C)[C@@H](CC[C@@H]3[C@@H]2CC[C@]2(C)C(=O)CC[C@@H]32)C[C@@H]1O. The summed E-state index contributed by atoms with van der Waals surface area (Å²) in [5, 5.41) is 10.6. The van der Waals surface area contributed by atoms with Gasteiger partial charge in [-0.3, -0.25) is 4.79 Å². The lowest BCUT2D eigenvalue weighted by Gasteiger charge is -2.61. The minimum absolute atomic E-state index is 0.0153. The van der Waals surface area contributed by atoms with E-state index in [1.165, 1.54) is 19.3 Å². The van der Waals surface area contributed by atoms with Crippen molar-refractivity contribution < 1.29 is 14.6 Å². The number of carbonyl (C=O) groups excluding carboxylic acids is 1. The van der Waals surface area contributed by atoms with Gasteiger partial charge in [0.1, 0.15) is 5.78 Å². The lowest BCUT2D eigenvalue weighted by atomic mass is 9.45. The number of hydrogen-bond acceptors (Lipinski definition) is 3. The van der Waals surface area contributed by atoms with Crippen molar-refractivity contribution in [2.75, 3.05) is 0 Å². The van der Waals surface area contributed by atoms with Gasteiger partial charge in [0.25, 0.3) is 0 Å². The highest BCUT2D eigenvalue weighted by molar-refractivity contribution is 5.87. The highest BCUT2D eigenvalue weighted by Crippen LogP contribution is 2.65. The van der Waals surface area contributed by atoms with Gasteiger partial charge in [0.05, 0.1) is 18.3 Å². The molecule has 0 spiro atoms. The average Bonchev–Trinajstić information content (AvgIpc) is 2.84. The number of fused-ring (bicyclic) bond motifs is 5. The van der Waals surface area contributed by atoms with E-state index in [1.807, 2.05) is 0 Å². The summed E-state index contributed by atoms with van der Waals surface area (Å²) in [6, 6.07) is 0. The molecule has 0 aromatic rings.